The molecular weight excluding hydrogens is 429 g/mol. The number of hydrogen-bond donors (Lipinski definition) is 1. The number of carbonyl (C=O) groups is 1. The van der Waals surface area contributed by atoms with Crippen molar-refractivity contribution in [2.45, 2.75) is 5.03 Å². The monoisotopic (exact) mass is 453 g/mol. The number of aromatic nitrogens is 2. The van der Waals surface area contributed by atoms with Crippen LogP contribution in [0.3, 0.4) is 0 Å². The summed E-state index contributed by atoms with van der Waals surface area (Å²) in [5, 5.41) is 3.61. The van der Waals surface area contributed by atoms with E-state index in [-0.39, 0.29) is 17.5 Å². The summed E-state index contributed by atoms with van der Waals surface area (Å²) < 4.78 is 18.4. The third-order valence-corrected chi connectivity index (χ3v) is 6.08. The predicted molar refractivity (Wildman–Crippen MR) is 125 cm³/mol. The molecule has 0 bridgehead atoms. The first-order chi connectivity index (χ1) is 15.6. The van der Waals surface area contributed by atoms with Gasteiger partial charge in [-0.2, -0.15) is 0 Å². The number of methoxy groups -OCH3 is 1. The number of ether oxygens (including phenoxy) is 1. The van der Waals surface area contributed by atoms with E-state index in [2.05, 4.69) is 25.1 Å². The molecule has 3 aromatic rings. The quantitative estimate of drug-likeness (QED) is 0.432. The molecule has 2 aromatic carbocycles. The summed E-state index contributed by atoms with van der Waals surface area (Å²) in [5.74, 6) is 1.33. The van der Waals surface area contributed by atoms with Crippen LogP contribution in [0.2, 0.25) is 0 Å². The molecule has 1 aromatic heterocycles. The molecule has 0 unspecified atom stereocenters. The van der Waals surface area contributed by atoms with Crippen LogP contribution in [0.1, 0.15) is 0 Å². The highest BCUT2D eigenvalue weighted by atomic mass is 32.2. The molecule has 9 heteroatoms. The second-order valence-corrected chi connectivity index (χ2v) is 8.20. The molecule has 1 amide bonds. The molecule has 1 aliphatic rings. The Balaban J connectivity index is 1.31. The smallest absolute Gasteiger partial charge is 0.234 e. The number of piperazine rings is 1. The van der Waals surface area contributed by atoms with E-state index in [1.807, 2.05) is 18.2 Å². The van der Waals surface area contributed by atoms with Crippen LogP contribution in [0, 0.1) is 5.82 Å². The number of hydrogen-bond acceptors (Lipinski definition) is 7. The lowest BCUT2D eigenvalue weighted by atomic mass is 10.2. The van der Waals surface area contributed by atoms with Gasteiger partial charge in [0.2, 0.25) is 5.91 Å². The van der Waals surface area contributed by atoms with Crippen molar-refractivity contribution in [2.24, 2.45) is 0 Å². The van der Waals surface area contributed by atoms with Crippen molar-refractivity contribution in [2.75, 3.05) is 54.2 Å². The molecule has 32 heavy (non-hydrogen) atoms. The minimum Gasteiger partial charge on any atom is -0.495 e. The van der Waals surface area contributed by atoms with Gasteiger partial charge >= 0.3 is 0 Å². The minimum atomic E-state index is -0.227. The maximum absolute atomic E-state index is 13.2. The fraction of sp³-hybridized carbons (Fsp3) is 0.261. The second-order valence-electron chi connectivity index (χ2n) is 7.20. The largest absolute Gasteiger partial charge is 0.495 e. The lowest BCUT2D eigenvalue weighted by Crippen LogP contribution is -2.46. The van der Waals surface area contributed by atoms with E-state index in [1.165, 1.54) is 30.2 Å². The molecule has 0 atom stereocenters. The van der Waals surface area contributed by atoms with Crippen molar-refractivity contribution in [3.63, 3.8) is 0 Å². The van der Waals surface area contributed by atoms with E-state index < -0.39 is 0 Å². The van der Waals surface area contributed by atoms with Gasteiger partial charge in [0.05, 0.1) is 18.6 Å². The van der Waals surface area contributed by atoms with Crippen molar-refractivity contribution in [1.29, 1.82) is 0 Å². The van der Waals surface area contributed by atoms with E-state index in [0.29, 0.717) is 11.4 Å². The van der Waals surface area contributed by atoms with Gasteiger partial charge in [0.1, 0.15) is 28.7 Å². The number of benzene rings is 2. The molecule has 2 heterocycles. The average molecular weight is 454 g/mol. The zero-order valence-corrected chi connectivity index (χ0v) is 18.5. The SMILES string of the molecule is COc1ccccc1NC(=O)CSc1cc(N2CCN(c3ccc(F)cc3)CC2)ncn1. The van der Waals surface area contributed by atoms with E-state index >= 15 is 0 Å². The van der Waals surface area contributed by atoms with Crippen molar-refractivity contribution in [3.05, 3.63) is 66.7 Å². The Morgan fingerprint density at radius 1 is 1.06 bits per heavy atom. The Labute approximate surface area is 190 Å². The Kier molecular flexibility index (Phi) is 7.06. The van der Waals surface area contributed by atoms with Crippen LogP contribution < -0.4 is 19.9 Å². The van der Waals surface area contributed by atoms with Gasteiger partial charge in [0, 0.05) is 37.9 Å². The van der Waals surface area contributed by atoms with Gasteiger partial charge in [-0.1, -0.05) is 23.9 Å². The number of nitrogens with zero attached hydrogens (tertiary/aromatic N) is 4. The zero-order chi connectivity index (χ0) is 22.3. The highest BCUT2D eigenvalue weighted by molar-refractivity contribution is 7.99. The molecule has 1 fully saturated rings. The Morgan fingerprint density at radius 2 is 1.78 bits per heavy atom. The van der Waals surface area contributed by atoms with Gasteiger partial charge in [-0.25, -0.2) is 14.4 Å². The summed E-state index contributed by atoms with van der Waals surface area (Å²) in [7, 11) is 1.57. The first kappa shape index (κ1) is 21.9. The first-order valence-corrected chi connectivity index (χ1v) is 11.2. The van der Waals surface area contributed by atoms with Crippen LogP contribution >= 0.6 is 11.8 Å². The third-order valence-electron chi connectivity index (χ3n) is 5.16. The maximum Gasteiger partial charge on any atom is 0.234 e. The standard InChI is InChI=1S/C23H24FN5O2S/c1-31-20-5-3-2-4-19(20)27-22(30)15-32-23-14-21(25-16-26-23)29-12-10-28(11-13-29)18-8-6-17(24)7-9-18/h2-9,14,16H,10-13,15H2,1H3,(H,27,30). The number of anilines is 3. The summed E-state index contributed by atoms with van der Waals surface area (Å²) in [4.78, 5) is 25.5. The third kappa shape index (κ3) is 5.47. The van der Waals surface area contributed by atoms with Gasteiger partial charge < -0.3 is 19.9 Å². The minimum absolute atomic E-state index is 0.132. The summed E-state index contributed by atoms with van der Waals surface area (Å²) in [6.45, 7) is 3.23. The van der Waals surface area contributed by atoms with Crippen molar-refractivity contribution >= 4 is 34.9 Å². The van der Waals surface area contributed by atoms with Crippen molar-refractivity contribution in [1.82, 2.24) is 9.97 Å². The topological polar surface area (TPSA) is 70.6 Å². The predicted octanol–water partition coefficient (Wildman–Crippen LogP) is 3.68. The Morgan fingerprint density at radius 3 is 2.53 bits per heavy atom. The maximum atomic E-state index is 13.2. The molecule has 0 radical (unpaired) electrons. The molecule has 0 aliphatic carbocycles. The lowest BCUT2D eigenvalue weighted by molar-refractivity contribution is -0.113. The number of carbonyl (C=O) groups excluding carboxylic acids is 1. The summed E-state index contributed by atoms with van der Waals surface area (Å²) in [6.07, 6.45) is 1.53. The normalized spacial score (nSPS) is 13.7. The van der Waals surface area contributed by atoms with E-state index in [9.17, 15) is 9.18 Å². The molecule has 7 nitrogen and oxygen atoms in total. The molecular formula is C23H24FN5O2S. The number of halogens is 1. The summed E-state index contributed by atoms with van der Waals surface area (Å²) in [5.41, 5.74) is 1.66. The van der Waals surface area contributed by atoms with Gasteiger partial charge in [0.15, 0.2) is 0 Å². The molecule has 1 saturated heterocycles. The van der Waals surface area contributed by atoms with Gasteiger partial charge in [-0.05, 0) is 36.4 Å². The number of para-hydroxylation sites is 2. The number of nitrogens with one attached hydrogen (secondary N) is 1. The first-order valence-electron chi connectivity index (χ1n) is 10.3. The number of rotatable bonds is 7. The van der Waals surface area contributed by atoms with Crippen molar-refractivity contribution < 1.29 is 13.9 Å². The Bertz CT molecular complexity index is 1060. The van der Waals surface area contributed by atoms with Crippen molar-refractivity contribution in [3.8, 4) is 5.75 Å². The molecule has 166 valence electrons. The molecule has 0 spiro atoms. The fourth-order valence-electron chi connectivity index (χ4n) is 3.50. The lowest BCUT2D eigenvalue weighted by Gasteiger charge is -2.36. The number of thioether (sulfide) groups is 1. The highest BCUT2D eigenvalue weighted by Crippen LogP contribution is 2.25. The van der Waals surface area contributed by atoms with E-state index in [0.717, 1.165) is 42.7 Å². The van der Waals surface area contributed by atoms with Crippen LogP contribution in [0.25, 0.3) is 0 Å². The highest BCUT2D eigenvalue weighted by Gasteiger charge is 2.19. The fourth-order valence-corrected chi connectivity index (χ4v) is 4.16. The van der Waals surface area contributed by atoms with Crippen LogP contribution in [0.5, 0.6) is 5.75 Å². The van der Waals surface area contributed by atoms with Gasteiger partial charge in [-0.3, -0.25) is 4.79 Å². The molecule has 1 N–H and O–H groups in total. The summed E-state index contributed by atoms with van der Waals surface area (Å²) in [6, 6.07) is 15.8. The van der Waals surface area contributed by atoms with Gasteiger partial charge in [-0.15, -0.1) is 0 Å². The molecule has 0 saturated carbocycles. The van der Waals surface area contributed by atoms with Crippen LogP contribution in [-0.2, 0) is 4.79 Å². The van der Waals surface area contributed by atoms with Gasteiger partial charge in [0.25, 0.3) is 0 Å². The number of amides is 1. The Hall–Kier alpha value is -3.33. The van der Waals surface area contributed by atoms with Crippen LogP contribution in [-0.4, -0.2) is 54.9 Å². The summed E-state index contributed by atoms with van der Waals surface area (Å²) >= 11 is 1.36. The molecule has 4 rings (SSSR count). The second kappa shape index (κ2) is 10.3. The zero-order valence-electron chi connectivity index (χ0n) is 17.7. The average Bonchev–Trinajstić information content (AvgIpc) is 2.84. The van der Waals surface area contributed by atoms with Crippen LogP contribution in [0.4, 0.5) is 21.6 Å². The van der Waals surface area contributed by atoms with Crippen LogP contribution in [0.15, 0.2) is 66.0 Å². The van der Waals surface area contributed by atoms with E-state index in [4.69, 9.17) is 4.74 Å². The molecule has 1 aliphatic heterocycles. The van der Waals surface area contributed by atoms with E-state index in [1.54, 1.807) is 31.4 Å².